The fourth-order valence-electron chi connectivity index (χ4n) is 5.31. The largest absolute Gasteiger partial charge is 0.454 e. The van der Waals surface area contributed by atoms with Gasteiger partial charge in [-0.2, -0.15) is 0 Å². The molecule has 236 valence electrons. The lowest BCUT2D eigenvalue weighted by atomic mass is 9.86. The van der Waals surface area contributed by atoms with E-state index in [0.29, 0.717) is 5.56 Å². The smallest absolute Gasteiger partial charge is 0.438 e. The Hall–Kier alpha value is -2.27. The molecule has 0 aromatic heterocycles. The van der Waals surface area contributed by atoms with Crippen molar-refractivity contribution in [2.45, 2.75) is 70.5 Å². The van der Waals surface area contributed by atoms with Crippen LogP contribution in [0, 0.1) is 11.8 Å². The highest BCUT2D eigenvalue weighted by Crippen LogP contribution is 2.57. The highest BCUT2D eigenvalue weighted by Gasteiger charge is 2.52. The van der Waals surface area contributed by atoms with E-state index in [2.05, 4.69) is 6.30 Å². The average Bonchev–Trinajstić information content (AvgIpc) is 3.45. The molecule has 2 aromatic carbocycles. The summed E-state index contributed by atoms with van der Waals surface area (Å²) in [4.78, 5) is 26.8. The van der Waals surface area contributed by atoms with Crippen LogP contribution < -0.4 is 0 Å². The van der Waals surface area contributed by atoms with Gasteiger partial charge in [0.1, 0.15) is 33.3 Å². The SMILES string of the molecule is [B][C@@H]1O[C@@H]2COP(=C)(C(=O)OCc3ccccc3)O[C@@H]3[C@H](C)[C@@H](COP(=O)(C(=O)OCc4ccccc4)O[C@H]2[C@H]1C)O[C@H]3C. The molecule has 3 fully saturated rings. The van der Waals surface area contributed by atoms with Crippen LogP contribution in [0.2, 0.25) is 0 Å². The van der Waals surface area contributed by atoms with Crippen molar-refractivity contribution in [3.8, 4) is 0 Å². The lowest BCUT2D eigenvalue weighted by molar-refractivity contribution is -0.0177. The molecular weight excluding hydrogens is 609 g/mol. The Kier molecular flexibility index (Phi) is 10.5. The van der Waals surface area contributed by atoms with Crippen LogP contribution in [0.25, 0.3) is 0 Å². The third-order valence-electron chi connectivity index (χ3n) is 8.01. The molecule has 44 heavy (non-hydrogen) atoms. The van der Waals surface area contributed by atoms with Gasteiger partial charge in [0.2, 0.25) is 7.34 Å². The topological polar surface area (TPSA) is 125 Å². The van der Waals surface area contributed by atoms with Gasteiger partial charge in [0.25, 0.3) is 0 Å². The first-order valence-electron chi connectivity index (χ1n) is 14.5. The predicted molar refractivity (Wildman–Crippen MR) is 164 cm³/mol. The van der Waals surface area contributed by atoms with Gasteiger partial charge in [-0.3, -0.25) is 9.05 Å². The summed E-state index contributed by atoms with van der Waals surface area (Å²) in [6.07, 6.45) is 0.262. The van der Waals surface area contributed by atoms with Crippen molar-refractivity contribution in [2.75, 3.05) is 13.2 Å². The number of hydrogen-bond acceptors (Lipinski definition) is 11. The maximum atomic E-state index is 14.2. The number of rotatable bonds is 6. The molecule has 0 spiro atoms. The van der Waals surface area contributed by atoms with Crippen molar-refractivity contribution in [3.05, 3.63) is 71.8 Å². The van der Waals surface area contributed by atoms with Crippen molar-refractivity contribution in [1.82, 2.24) is 0 Å². The van der Waals surface area contributed by atoms with Gasteiger partial charge < -0.3 is 28.0 Å². The number of carbonyl (C=O) groups is 2. The third-order valence-corrected chi connectivity index (χ3v) is 11.4. The lowest BCUT2D eigenvalue weighted by Gasteiger charge is -2.30. The van der Waals surface area contributed by atoms with Gasteiger partial charge in [0, 0.05) is 17.8 Å². The molecule has 2 bridgehead atoms. The monoisotopic (exact) mass is 646 g/mol. The van der Waals surface area contributed by atoms with Crippen molar-refractivity contribution in [3.63, 3.8) is 0 Å². The molecule has 0 saturated carbocycles. The van der Waals surface area contributed by atoms with Crippen LogP contribution in [0.5, 0.6) is 0 Å². The van der Waals surface area contributed by atoms with E-state index in [4.69, 9.17) is 44.9 Å². The van der Waals surface area contributed by atoms with Gasteiger partial charge in [-0.25, -0.2) is 14.2 Å². The second-order valence-corrected chi connectivity index (χ2v) is 15.2. The summed E-state index contributed by atoms with van der Waals surface area (Å²) in [7, 11) is -2.04. The number of carbonyl (C=O) groups excluding carboxylic acids is 2. The molecule has 10 atom stereocenters. The fraction of sp³-hybridized carbons (Fsp3) is 0.500. The fourth-order valence-corrected chi connectivity index (χ4v) is 8.43. The number of ether oxygens (including phenoxy) is 4. The second kappa shape index (κ2) is 14.0. The number of fused-ring (bicyclic) bond motifs is 3. The van der Waals surface area contributed by atoms with E-state index in [1.165, 1.54) is 0 Å². The minimum absolute atomic E-state index is 0.00570. The van der Waals surface area contributed by atoms with Crippen LogP contribution in [-0.2, 0) is 54.8 Å². The minimum atomic E-state index is -4.59. The Balaban J connectivity index is 1.41. The summed E-state index contributed by atoms with van der Waals surface area (Å²) in [5.41, 5.74) is -0.429. The van der Waals surface area contributed by atoms with E-state index >= 15 is 0 Å². The number of benzene rings is 2. The molecule has 3 saturated heterocycles. The summed E-state index contributed by atoms with van der Waals surface area (Å²) in [5, 5.41) is 0. The van der Waals surface area contributed by atoms with Gasteiger partial charge in [0.15, 0.2) is 0 Å². The molecule has 3 heterocycles. The maximum absolute atomic E-state index is 14.2. The molecule has 2 unspecified atom stereocenters. The van der Waals surface area contributed by atoms with Crippen LogP contribution in [0.15, 0.2) is 60.7 Å². The Bertz CT molecular complexity index is 1390. The van der Waals surface area contributed by atoms with E-state index in [0.717, 1.165) is 5.56 Å². The average molecular weight is 646 g/mol. The molecule has 5 rings (SSSR count). The van der Waals surface area contributed by atoms with E-state index < -0.39 is 68.8 Å². The van der Waals surface area contributed by atoms with E-state index in [1.807, 2.05) is 43.3 Å². The van der Waals surface area contributed by atoms with Gasteiger partial charge in [0.05, 0.1) is 31.5 Å². The summed E-state index contributed by atoms with van der Waals surface area (Å²) in [6, 6.07) is 17.3. The quantitative estimate of drug-likeness (QED) is 0.275. The zero-order valence-corrected chi connectivity index (χ0v) is 26.7. The Morgan fingerprint density at radius 1 is 0.795 bits per heavy atom. The highest BCUT2D eigenvalue weighted by atomic mass is 31.2. The molecule has 3 aliphatic heterocycles. The molecule has 11 nitrogen and oxygen atoms in total. The summed E-state index contributed by atoms with van der Waals surface area (Å²) in [6.45, 7) is 4.63. The van der Waals surface area contributed by atoms with E-state index in [9.17, 15) is 14.2 Å². The Morgan fingerprint density at radius 2 is 1.36 bits per heavy atom. The Labute approximate surface area is 258 Å². The first-order valence-corrected chi connectivity index (χ1v) is 17.8. The summed E-state index contributed by atoms with van der Waals surface area (Å²) >= 11 is 0. The van der Waals surface area contributed by atoms with Gasteiger partial charge >= 0.3 is 19.0 Å². The third kappa shape index (κ3) is 7.40. The molecule has 2 aromatic rings. The molecule has 0 N–H and O–H groups in total. The molecule has 3 aliphatic rings. The molecule has 14 heteroatoms. The van der Waals surface area contributed by atoms with Crippen molar-refractivity contribution < 1.29 is 51.2 Å². The molecule has 0 aliphatic carbocycles. The normalized spacial score (nSPS) is 37.5. The standard InChI is InChI=1S/C30H37BO11P2/c1-19-24-17-38-44(34,30(33)36-16-23-13-9-6-10-14-23)42-27-20(2)28(31)40-25(27)18-37-43(4,41-26(19)21(3)39-24)29(32)35-15-22-11-7-5-8-12-22/h5-14,19-21,24-28H,4,15-18H2,1-3H3/t19-,20-,21+,24-,25-,26-,27+,28-,43?,44?/m1/s1. The van der Waals surface area contributed by atoms with Crippen LogP contribution in [0.4, 0.5) is 9.59 Å². The van der Waals surface area contributed by atoms with Crippen molar-refractivity contribution >= 4 is 40.5 Å². The predicted octanol–water partition coefficient (Wildman–Crippen LogP) is 5.90. The molecule has 2 radical (unpaired) electrons. The van der Waals surface area contributed by atoms with Gasteiger partial charge in [-0.1, -0.05) is 74.5 Å². The maximum Gasteiger partial charge on any atom is 0.438 e. The summed E-state index contributed by atoms with van der Waals surface area (Å²) < 4.78 is 61.3. The molecule has 0 amide bonds. The summed E-state index contributed by atoms with van der Waals surface area (Å²) in [5.74, 6) is -0.919. The van der Waals surface area contributed by atoms with E-state index in [-0.39, 0.29) is 32.3 Å². The zero-order chi connectivity index (χ0) is 31.5. The van der Waals surface area contributed by atoms with Crippen LogP contribution in [0.3, 0.4) is 0 Å². The Morgan fingerprint density at radius 3 is 1.98 bits per heavy atom. The highest BCUT2D eigenvalue weighted by molar-refractivity contribution is 7.80. The van der Waals surface area contributed by atoms with Crippen LogP contribution in [0.1, 0.15) is 31.9 Å². The van der Waals surface area contributed by atoms with Crippen LogP contribution >= 0.6 is 14.9 Å². The second-order valence-electron chi connectivity index (χ2n) is 11.2. The first-order chi connectivity index (χ1) is 21.0. The number of hydrogen-bond donors (Lipinski definition) is 0. The molecular formula is C30H37BO11P2. The minimum Gasteiger partial charge on any atom is -0.454 e. The van der Waals surface area contributed by atoms with E-state index in [1.54, 1.807) is 38.1 Å². The van der Waals surface area contributed by atoms with Gasteiger partial charge in [-0.05, 0) is 24.4 Å². The van der Waals surface area contributed by atoms with Crippen LogP contribution in [-0.4, -0.2) is 75.3 Å². The lowest BCUT2D eigenvalue weighted by Crippen LogP contribution is -2.34. The first kappa shape index (κ1) is 33.1. The van der Waals surface area contributed by atoms with Gasteiger partial charge in [-0.15, -0.1) is 0 Å². The van der Waals surface area contributed by atoms with Crippen molar-refractivity contribution in [1.29, 1.82) is 0 Å². The van der Waals surface area contributed by atoms with Crippen molar-refractivity contribution in [2.24, 2.45) is 11.8 Å². The zero-order valence-electron chi connectivity index (χ0n) is 24.9.